The third-order valence-electron chi connectivity index (χ3n) is 2.96. The van der Waals surface area contributed by atoms with E-state index in [1.807, 2.05) is 19.1 Å². The van der Waals surface area contributed by atoms with Crippen LogP contribution in [0.15, 0.2) is 24.5 Å². The molecule has 0 amide bonds. The minimum Gasteiger partial charge on any atom is -0.265 e. The standard InChI is InChI=1S/C11H16N2O2S/c1-10(11-3-5-12-6-4-11)9-13-7-2-8-16(13,14)15/h3-6,10H,2,7-9H2,1H3. The van der Waals surface area contributed by atoms with Crippen LogP contribution in [0.3, 0.4) is 0 Å². The Kier molecular flexibility index (Phi) is 3.25. The highest BCUT2D eigenvalue weighted by Gasteiger charge is 2.29. The van der Waals surface area contributed by atoms with Crippen molar-refractivity contribution in [2.75, 3.05) is 18.8 Å². The monoisotopic (exact) mass is 240 g/mol. The largest absolute Gasteiger partial charge is 0.265 e. The molecule has 88 valence electrons. The Morgan fingerprint density at radius 1 is 1.44 bits per heavy atom. The van der Waals surface area contributed by atoms with Gasteiger partial charge in [-0.3, -0.25) is 4.98 Å². The van der Waals surface area contributed by atoms with Crippen LogP contribution in [0.4, 0.5) is 0 Å². The van der Waals surface area contributed by atoms with Gasteiger partial charge in [0.05, 0.1) is 5.75 Å². The maximum Gasteiger partial charge on any atom is 0.214 e. The van der Waals surface area contributed by atoms with E-state index in [1.165, 1.54) is 0 Å². The van der Waals surface area contributed by atoms with Gasteiger partial charge in [0.25, 0.3) is 0 Å². The van der Waals surface area contributed by atoms with Gasteiger partial charge in [0.2, 0.25) is 10.0 Å². The third kappa shape index (κ3) is 2.41. The third-order valence-corrected chi connectivity index (χ3v) is 4.88. The number of rotatable bonds is 3. The van der Waals surface area contributed by atoms with Crippen molar-refractivity contribution >= 4 is 10.0 Å². The summed E-state index contributed by atoms with van der Waals surface area (Å²) in [7, 11) is -2.97. The lowest BCUT2D eigenvalue weighted by Crippen LogP contribution is -2.29. The van der Waals surface area contributed by atoms with Crippen molar-refractivity contribution in [3.05, 3.63) is 30.1 Å². The Balaban J connectivity index is 2.06. The molecule has 1 fully saturated rings. The zero-order chi connectivity index (χ0) is 11.6. The van der Waals surface area contributed by atoms with E-state index in [0.29, 0.717) is 18.8 Å². The molecule has 0 aromatic carbocycles. The van der Waals surface area contributed by atoms with Crippen molar-refractivity contribution in [3.63, 3.8) is 0 Å². The summed E-state index contributed by atoms with van der Waals surface area (Å²) in [5.41, 5.74) is 1.14. The molecular weight excluding hydrogens is 224 g/mol. The molecule has 5 heteroatoms. The summed E-state index contributed by atoms with van der Waals surface area (Å²) in [5.74, 6) is 0.520. The highest BCUT2D eigenvalue weighted by molar-refractivity contribution is 7.89. The molecule has 0 saturated carbocycles. The maximum atomic E-state index is 11.6. The zero-order valence-electron chi connectivity index (χ0n) is 9.33. The molecule has 0 aliphatic carbocycles. The van der Waals surface area contributed by atoms with Crippen LogP contribution in [0, 0.1) is 0 Å². The van der Waals surface area contributed by atoms with Gasteiger partial charge in [-0.15, -0.1) is 0 Å². The summed E-state index contributed by atoms with van der Waals surface area (Å²) in [6.45, 7) is 3.28. The molecular formula is C11H16N2O2S. The number of hydrogen-bond acceptors (Lipinski definition) is 3. The van der Waals surface area contributed by atoms with Crippen LogP contribution in [0.25, 0.3) is 0 Å². The van der Waals surface area contributed by atoms with Crippen LogP contribution >= 0.6 is 0 Å². The number of aromatic nitrogens is 1. The quantitative estimate of drug-likeness (QED) is 0.798. The number of pyridine rings is 1. The maximum absolute atomic E-state index is 11.6. The molecule has 0 spiro atoms. The van der Waals surface area contributed by atoms with Crippen molar-refractivity contribution in [2.24, 2.45) is 0 Å². The molecule has 16 heavy (non-hydrogen) atoms. The van der Waals surface area contributed by atoms with Gasteiger partial charge >= 0.3 is 0 Å². The van der Waals surface area contributed by atoms with Crippen molar-refractivity contribution < 1.29 is 8.42 Å². The molecule has 1 atom stereocenters. The molecule has 0 N–H and O–H groups in total. The molecule has 0 radical (unpaired) electrons. The van der Waals surface area contributed by atoms with Gasteiger partial charge in [0.1, 0.15) is 0 Å². The van der Waals surface area contributed by atoms with Gasteiger partial charge in [-0.25, -0.2) is 12.7 Å². The van der Waals surface area contributed by atoms with Gasteiger partial charge < -0.3 is 0 Å². The van der Waals surface area contributed by atoms with Gasteiger partial charge in [-0.05, 0) is 30.0 Å². The number of nitrogens with zero attached hydrogens (tertiary/aromatic N) is 2. The lowest BCUT2D eigenvalue weighted by molar-refractivity contribution is 0.420. The second-order valence-corrected chi connectivity index (χ2v) is 6.30. The van der Waals surface area contributed by atoms with Crippen molar-refractivity contribution in [1.29, 1.82) is 0 Å². The fourth-order valence-electron chi connectivity index (χ4n) is 2.00. The predicted molar refractivity (Wildman–Crippen MR) is 62.6 cm³/mol. The van der Waals surface area contributed by atoms with E-state index >= 15 is 0 Å². The summed E-state index contributed by atoms with van der Waals surface area (Å²) in [6.07, 6.45) is 4.24. The van der Waals surface area contributed by atoms with Gasteiger partial charge in [0, 0.05) is 25.5 Å². The molecule has 1 aliphatic rings. The molecule has 1 unspecified atom stereocenters. The molecule has 2 rings (SSSR count). The molecule has 0 bridgehead atoms. The van der Waals surface area contributed by atoms with Crippen LogP contribution in [0.5, 0.6) is 0 Å². The van der Waals surface area contributed by atoms with Crippen LogP contribution in [0.2, 0.25) is 0 Å². The Bertz CT molecular complexity index is 444. The fourth-order valence-corrected chi connectivity index (χ4v) is 3.61. The normalized spacial score (nSPS) is 22.1. The van der Waals surface area contributed by atoms with Crippen molar-refractivity contribution in [1.82, 2.24) is 9.29 Å². The Hall–Kier alpha value is -0.940. The Morgan fingerprint density at radius 2 is 2.12 bits per heavy atom. The van der Waals surface area contributed by atoms with Gasteiger partial charge in [0.15, 0.2) is 0 Å². The first-order chi connectivity index (χ1) is 7.59. The molecule has 1 saturated heterocycles. The summed E-state index contributed by atoms with van der Waals surface area (Å²) in [4.78, 5) is 3.96. The van der Waals surface area contributed by atoms with E-state index in [4.69, 9.17) is 0 Å². The van der Waals surface area contributed by atoms with E-state index in [9.17, 15) is 8.42 Å². The van der Waals surface area contributed by atoms with E-state index in [2.05, 4.69) is 4.98 Å². The Morgan fingerprint density at radius 3 is 2.69 bits per heavy atom. The molecule has 1 aromatic heterocycles. The highest BCUT2D eigenvalue weighted by Crippen LogP contribution is 2.21. The van der Waals surface area contributed by atoms with E-state index in [0.717, 1.165) is 12.0 Å². The summed E-state index contributed by atoms with van der Waals surface area (Å²) in [5, 5.41) is 0. The van der Waals surface area contributed by atoms with Crippen molar-refractivity contribution in [2.45, 2.75) is 19.3 Å². The average Bonchev–Trinajstić information content (AvgIpc) is 2.59. The molecule has 2 heterocycles. The first-order valence-electron chi connectivity index (χ1n) is 5.47. The van der Waals surface area contributed by atoms with E-state index in [1.54, 1.807) is 16.7 Å². The summed E-state index contributed by atoms with van der Waals surface area (Å²) >= 11 is 0. The minimum atomic E-state index is -2.97. The van der Waals surface area contributed by atoms with E-state index < -0.39 is 10.0 Å². The van der Waals surface area contributed by atoms with Crippen molar-refractivity contribution in [3.8, 4) is 0 Å². The van der Waals surface area contributed by atoms with Crippen LogP contribution < -0.4 is 0 Å². The van der Waals surface area contributed by atoms with Gasteiger partial charge in [-0.1, -0.05) is 6.92 Å². The SMILES string of the molecule is CC(CN1CCCS1(=O)=O)c1ccncc1. The first kappa shape index (κ1) is 11.5. The van der Waals surface area contributed by atoms with Crippen LogP contribution in [0.1, 0.15) is 24.8 Å². The smallest absolute Gasteiger partial charge is 0.214 e. The van der Waals surface area contributed by atoms with Crippen LogP contribution in [-0.4, -0.2) is 36.5 Å². The van der Waals surface area contributed by atoms with Gasteiger partial charge in [-0.2, -0.15) is 0 Å². The Labute approximate surface area is 96.4 Å². The highest BCUT2D eigenvalue weighted by atomic mass is 32.2. The molecule has 1 aliphatic heterocycles. The average molecular weight is 240 g/mol. The second kappa shape index (κ2) is 4.51. The fraction of sp³-hybridized carbons (Fsp3) is 0.545. The lowest BCUT2D eigenvalue weighted by atomic mass is 10.0. The topological polar surface area (TPSA) is 50.3 Å². The number of sulfonamides is 1. The lowest BCUT2D eigenvalue weighted by Gasteiger charge is -2.19. The zero-order valence-corrected chi connectivity index (χ0v) is 10.2. The minimum absolute atomic E-state index is 0.218. The second-order valence-electron chi connectivity index (χ2n) is 4.21. The summed E-state index contributed by atoms with van der Waals surface area (Å²) < 4.78 is 24.9. The van der Waals surface area contributed by atoms with Crippen LogP contribution in [-0.2, 0) is 10.0 Å². The molecule has 4 nitrogen and oxygen atoms in total. The number of hydrogen-bond donors (Lipinski definition) is 0. The summed E-state index contributed by atoms with van der Waals surface area (Å²) in [6, 6.07) is 3.88. The molecule has 1 aromatic rings. The van der Waals surface area contributed by atoms with E-state index in [-0.39, 0.29) is 5.92 Å². The predicted octanol–water partition coefficient (Wildman–Crippen LogP) is 1.22. The first-order valence-corrected chi connectivity index (χ1v) is 7.08.